The molecule has 1 aromatic rings. The van der Waals surface area contributed by atoms with Gasteiger partial charge in [-0.2, -0.15) is 13.2 Å². The standard InChI is InChI=1S/C8H6BrF3/c1-5-2-6(8(10,11)12)4-7(9)3-5/h2-4H,1H3/i1D3,2D,3D,4D. The highest BCUT2D eigenvalue weighted by Crippen LogP contribution is 2.31. The van der Waals surface area contributed by atoms with Crippen LogP contribution in [0.15, 0.2) is 22.6 Å². The Morgan fingerprint density at radius 3 is 2.58 bits per heavy atom. The number of hydrogen-bond donors (Lipinski definition) is 0. The molecule has 0 radical (unpaired) electrons. The van der Waals surface area contributed by atoms with Crippen molar-refractivity contribution >= 4 is 15.9 Å². The van der Waals surface area contributed by atoms with Crippen LogP contribution in [-0.4, -0.2) is 0 Å². The van der Waals surface area contributed by atoms with Crippen LogP contribution in [0, 0.1) is 6.85 Å². The van der Waals surface area contributed by atoms with Crippen LogP contribution in [-0.2, 0) is 6.18 Å². The molecule has 0 unspecified atom stereocenters. The molecule has 4 heteroatoms. The van der Waals surface area contributed by atoms with Crippen molar-refractivity contribution < 1.29 is 21.4 Å². The van der Waals surface area contributed by atoms with E-state index < -0.39 is 46.8 Å². The fourth-order valence-electron chi connectivity index (χ4n) is 0.580. The summed E-state index contributed by atoms with van der Waals surface area (Å²) in [6, 6.07) is -3.25. The SMILES string of the molecule is [2H]c1c(Br)c([2H])c(C(F)(F)F)c([2H])c1C([2H])([2H])[2H]. The van der Waals surface area contributed by atoms with Gasteiger partial charge in [0, 0.05) is 8.58 Å². The Balaban J connectivity index is 3.83. The van der Waals surface area contributed by atoms with Gasteiger partial charge in [-0.05, 0) is 30.5 Å². The van der Waals surface area contributed by atoms with E-state index in [1.807, 2.05) is 0 Å². The van der Waals surface area contributed by atoms with Crippen LogP contribution < -0.4 is 0 Å². The first-order valence-electron chi connectivity index (χ1n) is 5.76. The Morgan fingerprint density at radius 1 is 1.42 bits per heavy atom. The maximum Gasteiger partial charge on any atom is 0.416 e. The Hall–Kier alpha value is -0.510. The molecule has 0 aliphatic rings. The highest BCUT2D eigenvalue weighted by molar-refractivity contribution is 9.10. The molecule has 0 bridgehead atoms. The van der Waals surface area contributed by atoms with Gasteiger partial charge in [0.15, 0.2) is 0 Å². The minimum Gasteiger partial charge on any atom is -0.166 e. The Labute approximate surface area is 85.0 Å². The van der Waals surface area contributed by atoms with Crippen molar-refractivity contribution in [3.8, 4) is 0 Å². The summed E-state index contributed by atoms with van der Waals surface area (Å²) in [4.78, 5) is 0. The zero-order valence-electron chi connectivity index (χ0n) is 11.5. The van der Waals surface area contributed by atoms with Gasteiger partial charge in [0.05, 0.1) is 9.68 Å². The van der Waals surface area contributed by atoms with Gasteiger partial charge < -0.3 is 0 Å². The zero-order valence-corrected chi connectivity index (χ0v) is 7.10. The molecule has 0 aliphatic heterocycles. The second-order valence-electron chi connectivity index (χ2n) is 1.94. The molecule has 0 saturated heterocycles. The van der Waals surface area contributed by atoms with Gasteiger partial charge in [-0.25, -0.2) is 0 Å². The van der Waals surface area contributed by atoms with Gasteiger partial charge in [0.25, 0.3) is 0 Å². The van der Waals surface area contributed by atoms with E-state index >= 15 is 0 Å². The highest BCUT2D eigenvalue weighted by atomic mass is 79.9. The topological polar surface area (TPSA) is 0 Å². The third kappa shape index (κ3) is 2.24. The van der Waals surface area contributed by atoms with Crippen LogP contribution in [0.4, 0.5) is 13.2 Å². The first kappa shape index (κ1) is 4.13. The van der Waals surface area contributed by atoms with Crippen molar-refractivity contribution in [1.82, 2.24) is 0 Å². The number of rotatable bonds is 0. The number of alkyl halides is 3. The first-order chi connectivity index (χ1) is 7.89. The van der Waals surface area contributed by atoms with E-state index in [4.69, 9.17) is 8.22 Å². The maximum absolute atomic E-state index is 12.7. The molecule has 0 atom stereocenters. The molecule has 66 valence electrons. The van der Waals surface area contributed by atoms with Gasteiger partial charge in [-0.3, -0.25) is 0 Å². The van der Waals surface area contributed by atoms with Gasteiger partial charge in [0.1, 0.15) is 0 Å². The fraction of sp³-hybridized carbons (Fsp3) is 0.250. The van der Waals surface area contributed by atoms with Crippen molar-refractivity contribution in [2.75, 3.05) is 0 Å². The van der Waals surface area contributed by atoms with Crippen molar-refractivity contribution in [2.24, 2.45) is 0 Å². The molecule has 0 fully saturated rings. The smallest absolute Gasteiger partial charge is 0.166 e. The van der Waals surface area contributed by atoms with Gasteiger partial charge >= 0.3 is 6.18 Å². The second kappa shape index (κ2) is 3.09. The molecule has 0 N–H and O–H groups in total. The number of benzene rings is 1. The third-order valence-electron chi connectivity index (χ3n) is 1.00. The minimum absolute atomic E-state index is 0.586. The van der Waals surface area contributed by atoms with Crippen molar-refractivity contribution in [3.05, 3.63) is 33.7 Å². The lowest BCUT2D eigenvalue weighted by molar-refractivity contribution is -0.137. The molecule has 1 rings (SSSR count). The van der Waals surface area contributed by atoms with E-state index in [9.17, 15) is 13.2 Å². The molecule has 0 heterocycles. The maximum atomic E-state index is 12.7. The van der Waals surface area contributed by atoms with E-state index in [1.165, 1.54) is 0 Å². The molecule has 1 aromatic carbocycles. The molecular weight excluding hydrogens is 233 g/mol. The predicted octanol–water partition coefficient (Wildman–Crippen LogP) is 3.78. The van der Waals surface area contributed by atoms with Crippen LogP contribution in [0.25, 0.3) is 0 Å². The van der Waals surface area contributed by atoms with Crippen LogP contribution in [0.1, 0.15) is 19.4 Å². The van der Waals surface area contributed by atoms with Gasteiger partial charge in [-0.15, -0.1) is 0 Å². The Kier molecular flexibility index (Phi) is 1.06. The summed E-state index contributed by atoms with van der Waals surface area (Å²) >= 11 is 2.59. The summed E-state index contributed by atoms with van der Waals surface area (Å²) in [5.74, 6) is 0. The summed E-state index contributed by atoms with van der Waals surface area (Å²) in [5, 5.41) is 0. The van der Waals surface area contributed by atoms with Crippen molar-refractivity contribution in [3.63, 3.8) is 0 Å². The number of halogens is 4. The zero-order chi connectivity index (χ0) is 14.5. The first-order valence-corrected chi connectivity index (χ1v) is 3.55. The Bertz CT molecular complexity index is 452. The van der Waals surface area contributed by atoms with Crippen molar-refractivity contribution in [1.29, 1.82) is 0 Å². The minimum atomic E-state index is -5.02. The normalized spacial score (nSPS) is 20.0. The van der Waals surface area contributed by atoms with Crippen LogP contribution >= 0.6 is 15.9 Å². The summed E-state index contributed by atoms with van der Waals surface area (Å²) in [6.45, 7) is -3.02. The third-order valence-corrected chi connectivity index (χ3v) is 1.40. The van der Waals surface area contributed by atoms with Crippen LogP contribution in [0.2, 0.25) is 0 Å². The molecule has 0 nitrogen and oxygen atoms in total. The largest absolute Gasteiger partial charge is 0.416 e. The van der Waals surface area contributed by atoms with E-state index in [0.717, 1.165) is 0 Å². The molecule has 0 amide bonds. The van der Waals surface area contributed by atoms with Crippen molar-refractivity contribution in [2.45, 2.75) is 13.0 Å². The quantitative estimate of drug-likeness (QED) is 0.652. The molecule has 0 spiro atoms. The van der Waals surface area contributed by atoms with Crippen LogP contribution in [0.3, 0.4) is 0 Å². The van der Waals surface area contributed by atoms with E-state index in [1.54, 1.807) is 0 Å². The van der Waals surface area contributed by atoms with E-state index in [2.05, 4.69) is 15.9 Å². The van der Waals surface area contributed by atoms with Gasteiger partial charge in [0.2, 0.25) is 0 Å². The summed E-state index contributed by atoms with van der Waals surface area (Å²) < 4.78 is 80.6. The fourth-order valence-corrected chi connectivity index (χ4v) is 0.976. The molecule has 12 heavy (non-hydrogen) atoms. The number of hydrogen-bond acceptors (Lipinski definition) is 0. The predicted molar refractivity (Wildman–Crippen MR) is 43.9 cm³/mol. The van der Waals surface area contributed by atoms with E-state index in [0.29, 0.717) is 0 Å². The van der Waals surface area contributed by atoms with Gasteiger partial charge in [-0.1, -0.05) is 15.9 Å². The lowest BCUT2D eigenvalue weighted by atomic mass is 10.1. The summed E-state index contributed by atoms with van der Waals surface area (Å²) in [6.07, 6.45) is -5.02. The monoisotopic (exact) mass is 244 g/mol. The highest BCUT2D eigenvalue weighted by Gasteiger charge is 2.30. The average molecular weight is 245 g/mol. The lowest BCUT2D eigenvalue weighted by Gasteiger charge is -2.07. The molecule has 0 saturated carbocycles. The average Bonchev–Trinajstić information content (AvgIpc) is 2.09. The van der Waals surface area contributed by atoms with E-state index in [-0.39, 0.29) is 0 Å². The Morgan fingerprint density at radius 2 is 2.08 bits per heavy atom. The lowest BCUT2D eigenvalue weighted by Crippen LogP contribution is -2.04. The second-order valence-corrected chi connectivity index (χ2v) is 2.73. The molecule has 0 aliphatic carbocycles. The molecule has 0 aromatic heterocycles. The van der Waals surface area contributed by atoms with Crippen LogP contribution in [0.5, 0.6) is 0 Å². The summed E-state index contributed by atoms with van der Waals surface area (Å²) in [7, 11) is 0. The molecular formula is C8H6BrF3. The summed E-state index contributed by atoms with van der Waals surface area (Å²) in [5.41, 5.74) is -2.67.